The van der Waals surface area contributed by atoms with Crippen LogP contribution in [0, 0.1) is 0 Å². The average molecular weight is 305 g/mol. The molecule has 1 saturated heterocycles. The number of methoxy groups -OCH3 is 1. The minimum atomic E-state index is -0.0189. The van der Waals surface area contributed by atoms with Gasteiger partial charge in [-0.2, -0.15) is 0 Å². The van der Waals surface area contributed by atoms with E-state index >= 15 is 0 Å². The van der Waals surface area contributed by atoms with Gasteiger partial charge in [-0.3, -0.25) is 4.79 Å². The molecule has 0 N–H and O–H groups in total. The summed E-state index contributed by atoms with van der Waals surface area (Å²) in [5, 5.41) is 0. The predicted molar refractivity (Wildman–Crippen MR) is 87.6 cm³/mol. The Labute approximate surface area is 133 Å². The van der Waals surface area contributed by atoms with Crippen LogP contribution in [0.3, 0.4) is 0 Å². The van der Waals surface area contributed by atoms with Crippen molar-refractivity contribution in [2.45, 2.75) is 52.2 Å². The number of ether oxygens (including phenoxy) is 2. The smallest absolute Gasteiger partial charge is 0.254 e. The number of carbonyl (C=O) groups is 1. The Morgan fingerprint density at radius 2 is 1.82 bits per heavy atom. The Hall–Kier alpha value is -1.55. The standard InChI is InChI=1S/C18H27NO3/c1-12-10-19(11-13(2)22-12)17(20)14-7-8-15(18(3,4)5)16(9-14)21-6/h7-9,12-13H,10-11H2,1-6H3. The third kappa shape index (κ3) is 3.61. The summed E-state index contributed by atoms with van der Waals surface area (Å²) in [6, 6.07) is 5.75. The third-order valence-corrected chi connectivity index (χ3v) is 3.96. The Kier molecular flexibility index (Phi) is 4.81. The van der Waals surface area contributed by atoms with E-state index in [0.717, 1.165) is 11.3 Å². The molecule has 122 valence electrons. The van der Waals surface area contributed by atoms with Crippen molar-refractivity contribution in [2.24, 2.45) is 0 Å². The summed E-state index contributed by atoms with van der Waals surface area (Å²) < 4.78 is 11.2. The zero-order valence-corrected chi connectivity index (χ0v) is 14.5. The summed E-state index contributed by atoms with van der Waals surface area (Å²) >= 11 is 0. The molecule has 1 aromatic rings. The topological polar surface area (TPSA) is 38.8 Å². The van der Waals surface area contributed by atoms with Crippen molar-refractivity contribution in [1.29, 1.82) is 0 Å². The fourth-order valence-corrected chi connectivity index (χ4v) is 2.97. The number of hydrogen-bond acceptors (Lipinski definition) is 3. The van der Waals surface area contributed by atoms with Crippen LogP contribution in [0.4, 0.5) is 0 Å². The minimum Gasteiger partial charge on any atom is -0.496 e. The van der Waals surface area contributed by atoms with Gasteiger partial charge in [-0.05, 0) is 37.0 Å². The molecule has 1 amide bonds. The maximum atomic E-state index is 12.7. The minimum absolute atomic E-state index is 0.0189. The Morgan fingerprint density at radius 1 is 1.23 bits per heavy atom. The number of amides is 1. The molecule has 2 atom stereocenters. The second-order valence-electron chi connectivity index (χ2n) is 7.13. The van der Waals surface area contributed by atoms with Crippen molar-refractivity contribution in [3.05, 3.63) is 29.3 Å². The number of nitrogens with zero attached hydrogens (tertiary/aromatic N) is 1. The fraction of sp³-hybridized carbons (Fsp3) is 0.611. The van der Waals surface area contributed by atoms with E-state index in [9.17, 15) is 4.79 Å². The lowest BCUT2D eigenvalue weighted by Crippen LogP contribution is -2.48. The summed E-state index contributed by atoms with van der Waals surface area (Å²) in [4.78, 5) is 14.6. The molecule has 0 saturated carbocycles. The summed E-state index contributed by atoms with van der Waals surface area (Å²) in [7, 11) is 1.65. The molecule has 1 aliphatic heterocycles. The second kappa shape index (κ2) is 6.29. The van der Waals surface area contributed by atoms with Crippen molar-refractivity contribution in [3.63, 3.8) is 0 Å². The van der Waals surface area contributed by atoms with Crippen LogP contribution in [0.2, 0.25) is 0 Å². The molecule has 0 aliphatic carbocycles. The first-order chi connectivity index (χ1) is 10.2. The SMILES string of the molecule is COc1cc(C(=O)N2CC(C)OC(C)C2)ccc1C(C)(C)C. The first kappa shape index (κ1) is 16.8. The lowest BCUT2D eigenvalue weighted by Gasteiger charge is -2.35. The maximum Gasteiger partial charge on any atom is 0.254 e. The number of morpholine rings is 1. The number of rotatable bonds is 2. The summed E-state index contributed by atoms with van der Waals surface area (Å²) in [6.07, 6.45) is 0.145. The summed E-state index contributed by atoms with van der Waals surface area (Å²) in [6.45, 7) is 11.7. The highest BCUT2D eigenvalue weighted by molar-refractivity contribution is 5.95. The van der Waals surface area contributed by atoms with Gasteiger partial charge in [0.25, 0.3) is 5.91 Å². The van der Waals surface area contributed by atoms with Gasteiger partial charge in [0.15, 0.2) is 0 Å². The van der Waals surface area contributed by atoms with Crippen LogP contribution in [0.1, 0.15) is 50.5 Å². The van der Waals surface area contributed by atoms with Crippen LogP contribution < -0.4 is 4.74 Å². The highest BCUT2D eigenvalue weighted by Gasteiger charge is 2.27. The molecule has 1 aliphatic rings. The Morgan fingerprint density at radius 3 is 2.32 bits per heavy atom. The van der Waals surface area contributed by atoms with E-state index in [1.807, 2.05) is 36.9 Å². The summed E-state index contributed by atoms with van der Waals surface area (Å²) in [5.74, 6) is 0.813. The van der Waals surface area contributed by atoms with Gasteiger partial charge in [-0.25, -0.2) is 0 Å². The van der Waals surface area contributed by atoms with Crippen LogP contribution in [-0.2, 0) is 10.2 Å². The normalized spacial score (nSPS) is 22.5. The third-order valence-electron chi connectivity index (χ3n) is 3.96. The Bertz CT molecular complexity index is 538. The monoisotopic (exact) mass is 305 g/mol. The van der Waals surface area contributed by atoms with Crippen molar-refractivity contribution in [1.82, 2.24) is 4.90 Å². The molecule has 2 rings (SSSR count). The molecular formula is C18H27NO3. The van der Waals surface area contributed by atoms with E-state index in [1.165, 1.54) is 0 Å². The maximum absolute atomic E-state index is 12.7. The predicted octanol–water partition coefficient (Wildman–Crippen LogP) is 3.24. The molecule has 0 bridgehead atoms. The molecular weight excluding hydrogens is 278 g/mol. The molecule has 0 aromatic heterocycles. The van der Waals surface area contributed by atoms with E-state index in [-0.39, 0.29) is 23.5 Å². The van der Waals surface area contributed by atoms with Gasteiger partial charge in [0.1, 0.15) is 5.75 Å². The lowest BCUT2D eigenvalue weighted by molar-refractivity contribution is -0.0586. The van der Waals surface area contributed by atoms with Crippen LogP contribution in [0.25, 0.3) is 0 Å². The highest BCUT2D eigenvalue weighted by atomic mass is 16.5. The Balaban J connectivity index is 2.27. The zero-order valence-electron chi connectivity index (χ0n) is 14.5. The number of benzene rings is 1. The van der Waals surface area contributed by atoms with Crippen molar-refractivity contribution in [3.8, 4) is 5.75 Å². The number of hydrogen-bond donors (Lipinski definition) is 0. The van der Waals surface area contributed by atoms with E-state index < -0.39 is 0 Å². The molecule has 2 unspecified atom stereocenters. The van der Waals surface area contributed by atoms with E-state index in [0.29, 0.717) is 18.7 Å². The summed E-state index contributed by atoms with van der Waals surface area (Å²) in [5.41, 5.74) is 1.76. The van der Waals surface area contributed by atoms with Crippen LogP contribution in [0.5, 0.6) is 5.75 Å². The molecule has 4 nitrogen and oxygen atoms in total. The molecule has 1 aromatic carbocycles. The molecule has 0 spiro atoms. The van der Waals surface area contributed by atoms with E-state index in [1.54, 1.807) is 7.11 Å². The fourth-order valence-electron chi connectivity index (χ4n) is 2.97. The van der Waals surface area contributed by atoms with E-state index in [2.05, 4.69) is 20.8 Å². The van der Waals surface area contributed by atoms with Gasteiger partial charge in [-0.15, -0.1) is 0 Å². The zero-order chi connectivity index (χ0) is 16.5. The number of carbonyl (C=O) groups excluding carboxylic acids is 1. The highest BCUT2D eigenvalue weighted by Crippen LogP contribution is 2.32. The van der Waals surface area contributed by atoms with E-state index in [4.69, 9.17) is 9.47 Å². The van der Waals surface area contributed by atoms with Crippen LogP contribution >= 0.6 is 0 Å². The van der Waals surface area contributed by atoms with Crippen LogP contribution in [0.15, 0.2) is 18.2 Å². The molecule has 0 radical (unpaired) electrons. The van der Waals surface area contributed by atoms with Gasteiger partial charge in [0, 0.05) is 18.7 Å². The molecule has 1 heterocycles. The quantitative estimate of drug-likeness (QED) is 0.842. The first-order valence-electron chi connectivity index (χ1n) is 7.85. The lowest BCUT2D eigenvalue weighted by atomic mass is 9.85. The van der Waals surface area contributed by atoms with Crippen LogP contribution in [-0.4, -0.2) is 43.2 Å². The van der Waals surface area contributed by atoms with Gasteiger partial charge < -0.3 is 14.4 Å². The molecule has 1 fully saturated rings. The van der Waals surface area contributed by atoms with Gasteiger partial charge in [0.2, 0.25) is 0 Å². The van der Waals surface area contributed by atoms with Gasteiger partial charge >= 0.3 is 0 Å². The average Bonchev–Trinajstić information content (AvgIpc) is 2.43. The largest absolute Gasteiger partial charge is 0.496 e. The van der Waals surface area contributed by atoms with Gasteiger partial charge in [-0.1, -0.05) is 26.8 Å². The van der Waals surface area contributed by atoms with Crippen molar-refractivity contribution >= 4 is 5.91 Å². The van der Waals surface area contributed by atoms with Crippen molar-refractivity contribution < 1.29 is 14.3 Å². The van der Waals surface area contributed by atoms with Crippen molar-refractivity contribution in [2.75, 3.05) is 20.2 Å². The molecule has 4 heteroatoms. The van der Waals surface area contributed by atoms with Gasteiger partial charge in [0.05, 0.1) is 19.3 Å². The second-order valence-corrected chi connectivity index (χ2v) is 7.13. The first-order valence-corrected chi connectivity index (χ1v) is 7.85. The molecule has 22 heavy (non-hydrogen) atoms.